The van der Waals surface area contributed by atoms with E-state index >= 15 is 0 Å². The van der Waals surface area contributed by atoms with Gasteiger partial charge in [-0.2, -0.15) is 4.68 Å². The standard InChI is InChI=1S/C11H11ClN4OS/c1-18-11-15-14-9(10(17)16(11)13)6-7-4-2-3-5-8(7)12/h2-5H,6,13H2,1H3. The average molecular weight is 283 g/mol. The number of halogens is 1. The van der Waals surface area contributed by atoms with Crippen LogP contribution in [-0.4, -0.2) is 21.1 Å². The average Bonchev–Trinajstić information content (AvgIpc) is 2.38. The lowest BCUT2D eigenvalue weighted by Crippen LogP contribution is -2.33. The highest BCUT2D eigenvalue weighted by Crippen LogP contribution is 2.17. The summed E-state index contributed by atoms with van der Waals surface area (Å²) in [5, 5.41) is 8.77. The van der Waals surface area contributed by atoms with Crippen molar-refractivity contribution in [3.63, 3.8) is 0 Å². The topological polar surface area (TPSA) is 73.8 Å². The highest BCUT2D eigenvalue weighted by atomic mass is 35.5. The third-order valence-electron chi connectivity index (χ3n) is 2.43. The van der Waals surface area contributed by atoms with Crippen LogP contribution in [0.3, 0.4) is 0 Å². The summed E-state index contributed by atoms with van der Waals surface area (Å²) in [6, 6.07) is 7.29. The molecule has 2 N–H and O–H groups in total. The van der Waals surface area contributed by atoms with Crippen molar-refractivity contribution in [3.05, 3.63) is 50.9 Å². The molecule has 2 rings (SSSR count). The highest BCUT2D eigenvalue weighted by Gasteiger charge is 2.11. The van der Waals surface area contributed by atoms with Gasteiger partial charge in [-0.05, 0) is 17.9 Å². The van der Waals surface area contributed by atoms with Crippen LogP contribution in [0.1, 0.15) is 11.3 Å². The van der Waals surface area contributed by atoms with Gasteiger partial charge in [0.25, 0.3) is 5.56 Å². The Morgan fingerprint density at radius 2 is 2.11 bits per heavy atom. The van der Waals surface area contributed by atoms with Crippen LogP contribution in [0.15, 0.2) is 34.2 Å². The maximum absolute atomic E-state index is 11.9. The molecule has 7 heteroatoms. The smallest absolute Gasteiger partial charge is 0.294 e. The van der Waals surface area contributed by atoms with Gasteiger partial charge in [0.1, 0.15) is 5.69 Å². The Morgan fingerprint density at radius 3 is 2.78 bits per heavy atom. The minimum Gasteiger partial charge on any atom is -0.334 e. The van der Waals surface area contributed by atoms with Crippen molar-refractivity contribution in [2.24, 2.45) is 0 Å². The van der Waals surface area contributed by atoms with E-state index in [-0.39, 0.29) is 11.3 Å². The molecule has 0 bridgehead atoms. The van der Waals surface area contributed by atoms with Gasteiger partial charge in [-0.25, -0.2) is 0 Å². The number of hydrogen-bond donors (Lipinski definition) is 1. The van der Waals surface area contributed by atoms with Crippen molar-refractivity contribution in [2.75, 3.05) is 12.1 Å². The second-order valence-corrected chi connectivity index (χ2v) is 4.76. The van der Waals surface area contributed by atoms with Crippen LogP contribution in [-0.2, 0) is 6.42 Å². The summed E-state index contributed by atoms with van der Waals surface area (Å²) < 4.78 is 1.00. The van der Waals surface area contributed by atoms with Crippen LogP contribution in [0.5, 0.6) is 0 Å². The van der Waals surface area contributed by atoms with E-state index in [1.807, 2.05) is 18.2 Å². The third-order valence-corrected chi connectivity index (χ3v) is 3.44. The van der Waals surface area contributed by atoms with Crippen LogP contribution >= 0.6 is 23.4 Å². The van der Waals surface area contributed by atoms with E-state index in [4.69, 9.17) is 17.4 Å². The van der Waals surface area contributed by atoms with Gasteiger partial charge in [0.2, 0.25) is 5.16 Å². The van der Waals surface area contributed by atoms with Gasteiger partial charge >= 0.3 is 0 Å². The number of hydrogen-bond acceptors (Lipinski definition) is 5. The molecule has 18 heavy (non-hydrogen) atoms. The third kappa shape index (κ3) is 2.49. The number of benzene rings is 1. The molecular formula is C11H11ClN4OS. The van der Waals surface area contributed by atoms with Gasteiger partial charge in [-0.1, -0.05) is 41.6 Å². The second kappa shape index (κ2) is 5.41. The van der Waals surface area contributed by atoms with Crippen molar-refractivity contribution < 1.29 is 0 Å². The molecule has 0 saturated heterocycles. The molecule has 0 unspecified atom stereocenters. The zero-order valence-corrected chi connectivity index (χ0v) is 11.2. The van der Waals surface area contributed by atoms with Gasteiger partial charge in [-0.15, -0.1) is 10.2 Å². The first kappa shape index (κ1) is 12.9. The molecule has 0 saturated carbocycles. The summed E-state index contributed by atoms with van der Waals surface area (Å²) >= 11 is 7.30. The summed E-state index contributed by atoms with van der Waals surface area (Å²) in [5.41, 5.74) is 0.750. The lowest BCUT2D eigenvalue weighted by Gasteiger charge is -2.06. The summed E-state index contributed by atoms with van der Waals surface area (Å²) in [7, 11) is 0. The number of thioether (sulfide) groups is 1. The first-order valence-electron chi connectivity index (χ1n) is 5.14. The van der Waals surface area contributed by atoms with Gasteiger partial charge in [-0.3, -0.25) is 4.79 Å². The molecule has 0 amide bonds. The molecule has 5 nitrogen and oxygen atoms in total. The molecule has 0 radical (unpaired) electrons. The Hall–Kier alpha value is -1.53. The van der Waals surface area contributed by atoms with Crippen molar-refractivity contribution >= 4 is 23.4 Å². The zero-order valence-electron chi connectivity index (χ0n) is 9.63. The molecule has 0 aliphatic heterocycles. The van der Waals surface area contributed by atoms with Crippen molar-refractivity contribution in [1.29, 1.82) is 0 Å². The fourth-order valence-corrected chi connectivity index (χ4v) is 2.10. The Kier molecular flexibility index (Phi) is 3.88. The Balaban J connectivity index is 2.40. The molecule has 94 valence electrons. The lowest BCUT2D eigenvalue weighted by atomic mass is 10.1. The summed E-state index contributed by atoms with van der Waals surface area (Å²) in [6.45, 7) is 0. The monoisotopic (exact) mass is 282 g/mol. The van der Waals surface area contributed by atoms with E-state index in [9.17, 15) is 4.79 Å². The molecule has 1 aromatic carbocycles. The molecule has 0 fully saturated rings. The van der Waals surface area contributed by atoms with E-state index in [1.54, 1.807) is 12.3 Å². The van der Waals surface area contributed by atoms with Crippen molar-refractivity contribution in [1.82, 2.24) is 14.9 Å². The number of rotatable bonds is 3. The van der Waals surface area contributed by atoms with E-state index in [1.165, 1.54) is 11.8 Å². The second-order valence-electron chi connectivity index (χ2n) is 3.58. The van der Waals surface area contributed by atoms with Crippen LogP contribution < -0.4 is 11.4 Å². The van der Waals surface area contributed by atoms with E-state index in [2.05, 4.69) is 10.2 Å². The van der Waals surface area contributed by atoms with Gasteiger partial charge in [0.15, 0.2) is 0 Å². The number of nitrogens with zero attached hydrogens (tertiary/aromatic N) is 3. The van der Waals surface area contributed by atoms with Gasteiger partial charge in [0.05, 0.1) is 0 Å². The van der Waals surface area contributed by atoms with Crippen LogP contribution in [0.2, 0.25) is 5.02 Å². The SMILES string of the molecule is CSc1nnc(Cc2ccccc2Cl)c(=O)n1N. The Labute approximate surface area is 113 Å². The molecule has 2 aromatic rings. The summed E-state index contributed by atoms with van der Waals surface area (Å²) in [5.74, 6) is 5.63. The summed E-state index contributed by atoms with van der Waals surface area (Å²) in [6.07, 6.45) is 2.10. The number of nitrogens with two attached hydrogens (primary N) is 1. The molecule has 0 spiro atoms. The molecule has 0 atom stereocenters. The minimum atomic E-state index is -0.353. The first-order valence-corrected chi connectivity index (χ1v) is 6.75. The fourth-order valence-electron chi connectivity index (χ4n) is 1.49. The maximum atomic E-state index is 11.9. The fraction of sp³-hybridized carbons (Fsp3) is 0.182. The number of aromatic nitrogens is 3. The molecular weight excluding hydrogens is 272 g/mol. The Bertz CT molecular complexity index is 629. The number of nitrogen functional groups attached to an aromatic ring is 1. The predicted molar refractivity (Wildman–Crippen MR) is 72.5 cm³/mol. The van der Waals surface area contributed by atoms with Crippen LogP contribution in [0.25, 0.3) is 0 Å². The highest BCUT2D eigenvalue weighted by molar-refractivity contribution is 7.98. The van der Waals surface area contributed by atoms with Crippen molar-refractivity contribution in [2.45, 2.75) is 11.6 Å². The Morgan fingerprint density at radius 1 is 1.39 bits per heavy atom. The lowest BCUT2D eigenvalue weighted by molar-refractivity contribution is 0.673. The minimum absolute atomic E-state index is 0.281. The molecule has 1 aromatic heterocycles. The van der Waals surface area contributed by atoms with E-state index < -0.39 is 0 Å². The van der Waals surface area contributed by atoms with E-state index in [0.717, 1.165) is 10.2 Å². The zero-order chi connectivity index (χ0) is 13.1. The van der Waals surface area contributed by atoms with Crippen LogP contribution in [0, 0.1) is 0 Å². The molecule has 0 aliphatic rings. The van der Waals surface area contributed by atoms with Crippen molar-refractivity contribution in [3.8, 4) is 0 Å². The van der Waals surface area contributed by atoms with Gasteiger partial charge < -0.3 is 5.84 Å². The predicted octanol–water partition coefficient (Wildman–Crippen LogP) is 1.32. The summed E-state index contributed by atoms with van der Waals surface area (Å²) in [4.78, 5) is 11.9. The largest absolute Gasteiger partial charge is 0.334 e. The molecule has 1 heterocycles. The maximum Gasteiger partial charge on any atom is 0.294 e. The quantitative estimate of drug-likeness (QED) is 0.679. The van der Waals surface area contributed by atoms with Crippen LogP contribution in [0.4, 0.5) is 0 Å². The first-order chi connectivity index (χ1) is 8.63. The normalized spacial score (nSPS) is 10.6. The van der Waals surface area contributed by atoms with Gasteiger partial charge in [0, 0.05) is 11.4 Å². The van der Waals surface area contributed by atoms with E-state index in [0.29, 0.717) is 16.6 Å². The molecule has 0 aliphatic carbocycles.